The Morgan fingerprint density at radius 2 is 1.97 bits per heavy atom. The summed E-state index contributed by atoms with van der Waals surface area (Å²) < 4.78 is 7.19. The second-order valence-electron chi connectivity index (χ2n) is 7.90. The average molecular weight is 549 g/mol. The second kappa shape index (κ2) is 12.6. The van der Waals surface area contributed by atoms with Crippen LogP contribution in [0.4, 0.5) is 0 Å². The van der Waals surface area contributed by atoms with E-state index in [2.05, 4.69) is 55.9 Å². The molecule has 1 aromatic carbocycles. The minimum Gasteiger partial charge on any atom is -0.469 e. The van der Waals surface area contributed by atoms with Crippen LogP contribution in [0.2, 0.25) is 0 Å². The molecule has 2 aromatic heterocycles. The largest absolute Gasteiger partial charge is 0.469 e. The van der Waals surface area contributed by atoms with Crippen LogP contribution in [-0.4, -0.2) is 51.3 Å². The standard InChI is InChI=1S/C23H31N7O.HI/c1-29-22(26-18-27-29)16-25-23(24-12-9-21-8-5-15-31-21)28-20-10-13-30(14-11-20)17-19-6-3-2-4-7-19;/h2-8,15,18,20H,9-14,16-17H2,1H3,(H2,24,25,28);1H. The molecule has 3 heterocycles. The summed E-state index contributed by atoms with van der Waals surface area (Å²) in [6, 6.07) is 15.0. The van der Waals surface area contributed by atoms with Crippen LogP contribution in [-0.2, 0) is 26.6 Å². The van der Waals surface area contributed by atoms with E-state index in [1.165, 1.54) is 5.56 Å². The summed E-state index contributed by atoms with van der Waals surface area (Å²) in [7, 11) is 1.89. The van der Waals surface area contributed by atoms with E-state index in [-0.39, 0.29) is 24.0 Å². The zero-order valence-corrected chi connectivity index (χ0v) is 20.8. The van der Waals surface area contributed by atoms with Crippen molar-refractivity contribution in [2.24, 2.45) is 12.0 Å². The molecule has 3 aromatic rings. The summed E-state index contributed by atoms with van der Waals surface area (Å²) in [4.78, 5) is 11.5. The number of piperidine rings is 1. The Labute approximate surface area is 206 Å². The third kappa shape index (κ3) is 7.33. The first kappa shape index (κ1) is 24.2. The highest BCUT2D eigenvalue weighted by Gasteiger charge is 2.20. The summed E-state index contributed by atoms with van der Waals surface area (Å²) >= 11 is 0. The molecule has 0 atom stereocenters. The van der Waals surface area contributed by atoms with Gasteiger partial charge in [0.05, 0.1) is 6.26 Å². The molecule has 1 aliphatic rings. The maximum absolute atomic E-state index is 5.43. The van der Waals surface area contributed by atoms with E-state index in [4.69, 9.17) is 9.41 Å². The number of hydrogen-bond donors (Lipinski definition) is 2. The average Bonchev–Trinajstić information content (AvgIpc) is 3.46. The molecule has 0 spiro atoms. The topological polar surface area (TPSA) is 83.5 Å². The highest BCUT2D eigenvalue weighted by atomic mass is 127. The Bertz CT molecular complexity index is 934. The van der Waals surface area contributed by atoms with Crippen LogP contribution in [0, 0.1) is 0 Å². The monoisotopic (exact) mass is 549 g/mol. The Hall–Kier alpha value is -2.40. The normalized spacial score (nSPS) is 15.3. The molecule has 0 saturated carbocycles. The fourth-order valence-electron chi connectivity index (χ4n) is 3.79. The second-order valence-corrected chi connectivity index (χ2v) is 7.90. The maximum Gasteiger partial charge on any atom is 0.191 e. The van der Waals surface area contributed by atoms with Crippen LogP contribution in [0.1, 0.15) is 30.0 Å². The van der Waals surface area contributed by atoms with E-state index in [1.807, 2.05) is 19.2 Å². The molecule has 9 heteroatoms. The van der Waals surface area contributed by atoms with Crippen molar-refractivity contribution in [3.05, 3.63) is 72.2 Å². The van der Waals surface area contributed by atoms with E-state index in [0.29, 0.717) is 12.6 Å². The first-order valence-corrected chi connectivity index (χ1v) is 10.9. The van der Waals surface area contributed by atoms with Gasteiger partial charge in [0.1, 0.15) is 24.5 Å². The van der Waals surface area contributed by atoms with Crippen LogP contribution in [0.25, 0.3) is 0 Å². The number of halogens is 1. The molecule has 172 valence electrons. The van der Waals surface area contributed by atoms with Crippen molar-refractivity contribution in [2.45, 2.75) is 38.4 Å². The molecule has 32 heavy (non-hydrogen) atoms. The first-order chi connectivity index (χ1) is 15.3. The first-order valence-electron chi connectivity index (χ1n) is 10.9. The molecule has 8 nitrogen and oxygen atoms in total. The van der Waals surface area contributed by atoms with E-state index in [9.17, 15) is 0 Å². The lowest BCUT2D eigenvalue weighted by Crippen LogP contribution is -2.48. The molecular weight excluding hydrogens is 517 g/mol. The number of benzene rings is 1. The smallest absolute Gasteiger partial charge is 0.191 e. The van der Waals surface area contributed by atoms with Crippen molar-refractivity contribution in [1.82, 2.24) is 30.3 Å². The number of nitrogens with one attached hydrogen (secondary N) is 2. The van der Waals surface area contributed by atoms with Gasteiger partial charge < -0.3 is 15.1 Å². The molecule has 1 saturated heterocycles. The van der Waals surface area contributed by atoms with Gasteiger partial charge in [-0.15, -0.1) is 24.0 Å². The lowest BCUT2D eigenvalue weighted by atomic mass is 10.0. The molecule has 2 N–H and O–H groups in total. The molecule has 4 rings (SSSR count). The zero-order chi connectivity index (χ0) is 21.3. The van der Waals surface area contributed by atoms with Gasteiger partial charge in [0, 0.05) is 45.7 Å². The van der Waals surface area contributed by atoms with Crippen molar-refractivity contribution in [3.63, 3.8) is 0 Å². The number of aliphatic imine (C=N–C) groups is 1. The predicted molar refractivity (Wildman–Crippen MR) is 136 cm³/mol. The summed E-state index contributed by atoms with van der Waals surface area (Å²) in [6.07, 6.45) is 6.27. The fourth-order valence-corrected chi connectivity index (χ4v) is 3.79. The van der Waals surface area contributed by atoms with E-state index in [0.717, 1.165) is 63.0 Å². The molecule has 0 radical (unpaired) electrons. The number of hydrogen-bond acceptors (Lipinski definition) is 5. The van der Waals surface area contributed by atoms with Crippen molar-refractivity contribution < 1.29 is 4.42 Å². The number of rotatable bonds is 8. The van der Waals surface area contributed by atoms with Crippen molar-refractivity contribution >= 4 is 29.9 Å². The fraction of sp³-hybridized carbons (Fsp3) is 0.435. The zero-order valence-electron chi connectivity index (χ0n) is 18.5. The van der Waals surface area contributed by atoms with Crippen molar-refractivity contribution in [3.8, 4) is 0 Å². The van der Waals surface area contributed by atoms with Crippen molar-refractivity contribution in [1.29, 1.82) is 0 Å². The highest BCUT2D eigenvalue weighted by molar-refractivity contribution is 14.0. The third-order valence-corrected chi connectivity index (χ3v) is 5.61. The summed E-state index contributed by atoms with van der Waals surface area (Å²) in [5, 5.41) is 11.2. The van der Waals surface area contributed by atoms with Gasteiger partial charge in [-0.3, -0.25) is 9.58 Å². The van der Waals surface area contributed by atoms with Gasteiger partial charge in [-0.25, -0.2) is 9.98 Å². The molecule has 0 amide bonds. The molecule has 1 aliphatic heterocycles. The van der Waals surface area contributed by atoms with Crippen LogP contribution < -0.4 is 10.6 Å². The van der Waals surface area contributed by atoms with E-state index >= 15 is 0 Å². The minimum atomic E-state index is 0. The van der Waals surface area contributed by atoms with Gasteiger partial charge >= 0.3 is 0 Å². The SMILES string of the molecule is Cn1ncnc1CN=C(NCCc1ccco1)NC1CCN(Cc2ccccc2)CC1.I. The summed E-state index contributed by atoms with van der Waals surface area (Å²) in [5.41, 5.74) is 1.37. The van der Waals surface area contributed by atoms with Gasteiger partial charge in [0.15, 0.2) is 5.96 Å². The quantitative estimate of drug-likeness (QED) is 0.256. The van der Waals surface area contributed by atoms with E-state index in [1.54, 1.807) is 17.3 Å². The minimum absolute atomic E-state index is 0. The van der Waals surface area contributed by atoms with Crippen molar-refractivity contribution in [2.75, 3.05) is 19.6 Å². The van der Waals surface area contributed by atoms with Crippen LogP contribution in [0.3, 0.4) is 0 Å². The van der Waals surface area contributed by atoms with Crippen LogP contribution in [0.5, 0.6) is 0 Å². The Morgan fingerprint density at radius 3 is 2.66 bits per heavy atom. The van der Waals surface area contributed by atoms with Gasteiger partial charge in [0.2, 0.25) is 0 Å². The molecule has 0 aliphatic carbocycles. The number of guanidine groups is 1. The lowest BCUT2D eigenvalue weighted by Gasteiger charge is -2.33. The Kier molecular flexibility index (Phi) is 9.54. The summed E-state index contributed by atoms with van der Waals surface area (Å²) in [6.45, 7) is 4.41. The number of aromatic nitrogens is 3. The van der Waals surface area contributed by atoms with Gasteiger partial charge in [0.25, 0.3) is 0 Å². The number of aryl methyl sites for hydroxylation is 1. The maximum atomic E-state index is 5.43. The molecular formula is C23H32IN7O. The number of likely N-dealkylation sites (tertiary alicyclic amines) is 1. The third-order valence-electron chi connectivity index (χ3n) is 5.61. The van der Waals surface area contributed by atoms with E-state index < -0.39 is 0 Å². The number of furan rings is 1. The molecule has 1 fully saturated rings. The molecule has 0 unspecified atom stereocenters. The molecule has 0 bridgehead atoms. The lowest BCUT2D eigenvalue weighted by molar-refractivity contribution is 0.198. The van der Waals surface area contributed by atoms with Crippen LogP contribution >= 0.6 is 24.0 Å². The van der Waals surface area contributed by atoms with Gasteiger partial charge in [-0.1, -0.05) is 30.3 Å². The number of nitrogens with zero attached hydrogens (tertiary/aromatic N) is 5. The van der Waals surface area contributed by atoms with Crippen LogP contribution in [0.15, 0.2) is 64.5 Å². The van der Waals surface area contributed by atoms with Gasteiger partial charge in [-0.05, 0) is 30.5 Å². The highest BCUT2D eigenvalue weighted by Crippen LogP contribution is 2.14. The Balaban J connectivity index is 0.00000289. The summed E-state index contributed by atoms with van der Waals surface area (Å²) in [5.74, 6) is 2.62. The predicted octanol–water partition coefficient (Wildman–Crippen LogP) is 2.97. The Morgan fingerprint density at radius 1 is 1.16 bits per heavy atom. The van der Waals surface area contributed by atoms with Gasteiger partial charge in [-0.2, -0.15) is 5.10 Å².